The number of hydrogen-bond donors (Lipinski definition) is 3. The van der Waals surface area contributed by atoms with E-state index in [4.69, 9.17) is 4.74 Å². The summed E-state index contributed by atoms with van der Waals surface area (Å²) in [6.07, 6.45) is -0.707. The minimum atomic E-state index is -1.16. The standard InChI is InChI=1S/C17H15I2NO5/c18-12-6-11(7-13(19)15(12)21)8-14(16(22)23)20-17(24)25-9-10-4-2-1-3-5-10/h1-7,14,21H,8-9H2,(H,20,24)(H,22,23)/t14-/m0/s1. The van der Waals surface area contributed by atoms with Crippen LogP contribution in [0.4, 0.5) is 4.79 Å². The summed E-state index contributed by atoms with van der Waals surface area (Å²) >= 11 is 3.94. The number of carbonyl (C=O) groups excluding carboxylic acids is 1. The number of rotatable bonds is 6. The molecule has 0 saturated carbocycles. The van der Waals surface area contributed by atoms with Crippen LogP contribution in [-0.2, 0) is 22.6 Å². The van der Waals surface area contributed by atoms with Crippen molar-refractivity contribution in [3.8, 4) is 5.75 Å². The van der Waals surface area contributed by atoms with Crippen LogP contribution in [0.15, 0.2) is 42.5 Å². The van der Waals surface area contributed by atoms with Gasteiger partial charge in [-0.2, -0.15) is 0 Å². The fraction of sp³-hybridized carbons (Fsp3) is 0.176. The minimum absolute atomic E-state index is 0.0635. The summed E-state index contributed by atoms with van der Waals surface area (Å²) in [7, 11) is 0. The number of benzene rings is 2. The van der Waals surface area contributed by atoms with Crippen LogP contribution in [0.1, 0.15) is 11.1 Å². The van der Waals surface area contributed by atoms with Crippen LogP contribution < -0.4 is 5.32 Å². The van der Waals surface area contributed by atoms with Crippen molar-refractivity contribution in [1.82, 2.24) is 5.32 Å². The van der Waals surface area contributed by atoms with Crippen LogP contribution in [0, 0.1) is 7.14 Å². The van der Waals surface area contributed by atoms with E-state index in [1.165, 1.54) is 0 Å². The Hall–Kier alpha value is -1.56. The first-order chi connectivity index (χ1) is 11.9. The van der Waals surface area contributed by atoms with E-state index >= 15 is 0 Å². The molecule has 132 valence electrons. The highest BCUT2D eigenvalue weighted by molar-refractivity contribution is 14.1. The third-order valence-electron chi connectivity index (χ3n) is 3.32. The number of aliphatic carboxylic acids is 1. The van der Waals surface area contributed by atoms with Crippen molar-refractivity contribution in [3.63, 3.8) is 0 Å². The van der Waals surface area contributed by atoms with E-state index in [1.807, 2.05) is 75.5 Å². The maximum atomic E-state index is 11.9. The summed E-state index contributed by atoms with van der Waals surface area (Å²) in [6, 6.07) is 11.4. The number of carboxylic acid groups (broad SMARTS) is 1. The maximum Gasteiger partial charge on any atom is 0.408 e. The molecule has 0 aliphatic rings. The van der Waals surface area contributed by atoms with Crippen LogP contribution in [0.3, 0.4) is 0 Å². The van der Waals surface area contributed by atoms with Crippen LogP contribution in [0.2, 0.25) is 0 Å². The molecule has 0 heterocycles. The number of amides is 1. The molecular formula is C17H15I2NO5. The quantitative estimate of drug-likeness (QED) is 0.465. The molecule has 1 atom stereocenters. The average Bonchev–Trinajstić information content (AvgIpc) is 2.58. The number of halogens is 2. The average molecular weight is 567 g/mol. The minimum Gasteiger partial charge on any atom is -0.506 e. The molecule has 2 rings (SSSR count). The molecule has 8 heteroatoms. The van der Waals surface area contributed by atoms with Crippen molar-refractivity contribution in [1.29, 1.82) is 0 Å². The van der Waals surface area contributed by atoms with Gasteiger partial charge < -0.3 is 20.3 Å². The highest BCUT2D eigenvalue weighted by Crippen LogP contribution is 2.27. The molecule has 0 unspecified atom stereocenters. The van der Waals surface area contributed by atoms with E-state index in [9.17, 15) is 19.8 Å². The van der Waals surface area contributed by atoms with E-state index < -0.39 is 18.1 Å². The Morgan fingerprint density at radius 2 is 1.68 bits per heavy atom. The summed E-state index contributed by atoms with van der Waals surface area (Å²) in [6.45, 7) is 0.0635. The van der Waals surface area contributed by atoms with Gasteiger partial charge in [0.15, 0.2) is 0 Å². The predicted molar refractivity (Wildman–Crippen MR) is 108 cm³/mol. The van der Waals surface area contributed by atoms with E-state index in [2.05, 4.69) is 5.32 Å². The van der Waals surface area contributed by atoms with Gasteiger partial charge in [-0.1, -0.05) is 30.3 Å². The summed E-state index contributed by atoms with van der Waals surface area (Å²) in [5.41, 5.74) is 1.51. The molecule has 1 amide bonds. The largest absolute Gasteiger partial charge is 0.506 e. The summed E-state index contributed by atoms with van der Waals surface area (Å²) in [4.78, 5) is 23.3. The summed E-state index contributed by atoms with van der Waals surface area (Å²) < 4.78 is 6.30. The zero-order valence-corrected chi connectivity index (χ0v) is 17.2. The number of nitrogens with one attached hydrogen (secondary N) is 1. The van der Waals surface area contributed by atoms with E-state index in [0.717, 1.165) is 5.56 Å². The van der Waals surface area contributed by atoms with Crippen molar-refractivity contribution in [2.75, 3.05) is 0 Å². The smallest absolute Gasteiger partial charge is 0.408 e. The lowest BCUT2D eigenvalue weighted by Crippen LogP contribution is -2.42. The number of ether oxygens (including phenoxy) is 1. The third kappa shape index (κ3) is 6.03. The Labute approximate surface area is 171 Å². The van der Waals surface area contributed by atoms with Gasteiger partial charge in [-0.05, 0) is 68.4 Å². The molecule has 25 heavy (non-hydrogen) atoms. The molecule has 2 aromatic carbocycles. The number of phenolic OH excluding ortho intramolecular Hbond substituents is 1. The second-order valence-corrected chi connectivity index (χ2v) is 7.53. The van der Waals surface area contributed by atoms with E-state index in [1.54, 1.807) is 12.1 Å². The zero-order valence-electron chi connectivity index (χ0n) is 12.9. The Morgan fingerprint density at radius 1 is 1.08 bits per heavy atom. The normalized spacial score (nSPS) is 11.6. The fourth-order valence-corrected chi connectivity index (χ4v) is 3.98. The number of alkyl carbamates (subject to hydrolysis) is 1. The lowest BCUT2D eigenvalue weighted by Gasteiger charge is -2.15. The Balaban J connectivity index is 1.98. The first-order valence-electron chi connectivity index (χ1n) is 7.23. The molecule has 0 bridgehead atoms. The SMILES string of the molecule is O=C(N[C@@H](Cc1cc(I)c(O)c(I)c1)C(=O)O)OCc1ccccc1. The van der Waals surface area contributed by atoms with Gasteiger partial charge in [0.25, 0.3) is 0 Å². The molecular weight excluding hydrogens is 552 g/mol. The van der Waals surface area contributed by atoms with Gasteiger partial charge in [0.1, 0.15) is 18.4 Å². The Morgan fingerprint density at radius 3 is 2.24 bits per heavy atom. The van der Waals surface area contributed by atoms with Crippen LogP contribution in [0.5, 0.6) is 5.75 Å². The summed E-state index contributed by atoms with van der Waals surface area (Å²) in [5.74, 6) is -0.998. The zero-order chi connectivity index (χ0) is 18.4. The second kappa shape index (κ2) is 9.22. The molecule has 0 aliphatic carbocycles. The predicted octanol–water partition coefficient (Wildman–Crippen LogP) is 3.52. The molecule has 3 N–H and O–H groups in total. The van der Waals surface area contributed by atoms with Gasteiger partial charge in [-0.25, -0.2) is 9.59 Å². The van der Waals surface area contributed by atoms with Gasteiger partial charge in [0, 0.05) is 6.42 Å². The van der Waals surface area contributed by atoms with Crippen molar-refractivity contribution < 1.29 is 24.5 Å². The number of carbonyl (C=O) groups is 2. The maximum absolute atomic E-state index is 11.9. The van der Waals surface area contributed by atoms with Gasteiger partial charge in [-0.3, -0.25) is 0 Å². The third-order valence-corrected chi connectivity index (χ3v) is 4.96. The highest BCUT2D eigenvalue weighted by atomic mass is 127. The highest BCUT2D eigenvalue weighted by Gasteiger charge is 2.22. The van der Waals surface area contributed by atoms with Crippen molar-refractivity contribution in [2.45, 2.75) is 19.1 Å². The van der Waals surface area contributed by atoms with Crippen LogP contribution in [0.25, 0.3) is 0 Å². The number of aromatic hydroxyl groups is 1. The molecule has 0 radical (unpaired) electrons. The molecule has 0 aromatic heterocycles. The van der Waals surface area contributed by atoms with Crippen molar-refractivity contribution in [3.05, 3.63) is 60.7 Å². The van der Waals surface area contributed by atoms with E-state index in [-0.39, 0.29) is 18.8 Å². The molecule has 0 aliphatic heterocycles. The van der Waals surface area contributed by atoms with Gasteiger partial charge in [-0.15, -0.1) is 0 Å². The lowest BCUT2D eigenvalue weighted by atomic mass is 10.1. The monoisotopic (exact) mass is 567 g/mol. The molecule has 0 spiro atoms. The molecule has 6 nitrogen and oxygen atoms in total. The first-order valence-corrected chi connectivity index (χ1v) is 9.39. The second-order valence-electron chi connectivity index (χ2n) is 5.21. The molecule has 0 saturated heterocycles. The van der Waals surface area contributed by atoms with Gasteiger partial charge >= 0.3 is 12.1 Å². The topological polar surface area (TPSA) is 95.9 Å². The number of carboxylic acids is 1. The summed E-state index contributed by atoms with van der Waals surface area (Å²) in [5, 5.41) is 21.5. The number of phenols is 1. The number of hydrogen-bond acceptors (Lipinski definition) is 4. The van der Waals surface area contributed by atoms with Gasteiger partial charge in [0.05, 0.1) is 7.14 Å². The van der Waals surface area contributed by atoms with Gasteiger partial charge in [0.2, 0.25) is 0 Å². The lowest BCUT2D eigenvalue weighted by molar-refractivity contribution is -0.139. The molecule has 2 aromatic rings. The Bertz CT molecular complexity index is 744. The van der Waals surface area contributed by atoms with E-state index in [0.29, 0.717) is 12.7 Å². The Kier molecular flexibility index (Phi) is 7.29. The first kappa shape index (κ1) is 19.8. The van der Waals surface area contributed by atoms with Crippen LogP contribution in [-0.4, -0.2) is 28.3 Å². The van der Waals surface area contributed by atoms with Crippen LogP contribution >= 0.6 is 45.2 Å². The molecule has 0 fully saturated rings. The van der Waals surface area contributed by atoms with Crippen molar-refractivity contribution in [2.24, 2.45) is 0 Å². The van der Waals surface area contributed by atoms with Crippen molar-refractivity contribution >= 4 is 57.2 Å². The fourth-order valence-electron chi connectivity index (χ4n) is 2.08.